The quantitative estimate of drug-likeness (QED) is 0.507. The van der Waals surface area contributed by atoms with E-state index in [0.29, 0.717) is 0 Å². The third-order valence-corrected chi connectivity index (χ3v) is 0.781. The first-order valence-electron chi connectivity index (χ1n) is 3.55. The van der Waals surface area contributed by atoms with E-state index in [4.69, 9.17) is 0 Å². The van der Waals surface area contributed by atoms with Crippen LogP contribution in [0.3, 0.4) is 0 Å². The summed E-state index contributed by atoms with van der Waals surface area (Å²) < 4.78 is 0. The van der Waals surface area contributed by atoms with Crippen LogP contribution in [0.25, 0.3) is 0 Å². The van der Waals surface area contributed by atoms with Crippen LogP contribution in [0.1, 0.15) is 33.1 Å². The molecule has 0 N–H and O–H groups in total. The molecule has 0 nitrogen and oxygen atoms in total. The third-order valence-electron chi connectivity index (χ3n) is 0.781. The van der Waals surface area contributed by atoms with E-state index >= 15 is 0 Å². The van der Waals surface area contributed by atoms with Gasteiger partial charge in [0.05, 0.1) is 0 Å². The Morgan fingerprint density at radius 3 is 1.56 bits per heavy atom. The third kappa shape index (κ3) is 36.5. The molecule has 0 atom stereocenters. The molecule has 9 heavy (non-hydrogen) atoms. The molecular weight excluding hydrogens is 108 g/mol. The minimum Gasteiger partial charge on any atom is -0.103 e. The van der Waals surface area contributed by atoms with E-state index < -0.39 is 0 Å². The Labute approximate surface area is 59.3 Å². The summed E-state index contributed by atoms with van der Waals surface area (Å²) in [6, 6.07) is 0. The van der Waals surface area contributed by atoms with E-state index in [9.17, 15) is 0 Å². The molecule has 0 radical (unpaired) electrons. The fourth-order valence-electron chi connectivity index (χ4n) is 0.204. The maximum Gasteiger partial charge on any atom is -0.0356 e. The largest absolute Gasteiger partial charge is 0.103 e. The lowest BCUT2D eigenvalue weighted by Crippen LogP contribution is -1.52. The monoisotopic (exact) mass is 126 g/mol. The van der Waals surface area contributed by atoms with Crippen LogP contribution in [0, 0.1) is 0 Å². The molecule has 0 aromatic heterocycles. The minimum atomic E-state index is 1.08. The number of unbranched alkanes of at least 4 members (excludes halogenated alkanes) is 1. The average Bonchev–Trinajstić information content (AvgIpc) is 1.91. The molecule has 0 fully saturated rings. The predicted octanol–water partition coefficient (Wildman–Crippen LogP) is 3.55. The molecule has 0 amide bonds. The van der Waals surface area contributed by atoms with E-state index in [1.54, 1.807) is 0 Å². The fourth-order valence-corrected chi connectivity index (χ4v) is 0.204. The zero-order valence-corrected chi connectivity index (χ0v) is 6.69. The Bertz CT molecular complexity index is 53.1. The van der Waals surface area contributed by atoms with Crippen molar-refractivity contribution in [3.8, 4) is 0 Å². The normalized spacial score (nSPS) is 6.89. The topological polar surface area (TPSA) is 0 Å². The van der Waals surface area contributed by atoms with E-state index in [-0.39, 0.29) is 0 Å². The van der Waals surface area contributed by atoms with Gasteiger partial charge < -0.3 is 0 Å². The number of hydrogen-bond donors (Lipinski definition) is 0. The van der Waals surface area contributed by atoms with Crippen molar-refractivity contribution in [2.45, 2.75) is 33.1 Å². The zero-order valence-electron chi connectivity index (χ0n) is 6.69. The van der Waals surface area contributed by atoms with Gasteiger partial charge >= 0.3 is 0 Å². The standard InChI is InChI=1S/C5H10.C4H8/c1-3-5-4-2;1-3-4-2/h3H,1,4-5H2,2H3;3H,1,4H2,2H3. The van der Waals surface area contributed by atoms with Crippen molar-refractivity contribution in [2.75, 3.05) is 0 Å². The van der Waals surface area contributed by atoms with Gasteiger partial charge in [0.15, 0.2) is 0 Å². The molecule has 0 saturated heterocycles. The molecule has 0 heteroatoms. The van der Waals surface area contributed by atoms with Gasteiger partial charge in [-0.15, -0.1) is 13.2 Å². The van der Waals surface area contributed by atoms with Crippen LogP contribution in [-0.4, -0.2) is 0 Å². The molecule has 0 unspecified atom stereocenters. The van der Waals surface area contributed by atoms with Crippen LogP contribution in [0.15, 0.2) is 25.3 Å². The predicted molar refractivity (Wildman–Crippen MR) is 45.6 cm³/mol. The molecule has 0 aliphatic heterocycles. The van der Waals surface area contributed by atoms with Crippen LogP contribution in [0.2, 0.25) is 0 Å². The van der Waals surface area contributed by atoms with E-state index in [0.717, 1.165) is 12.8 Å². The molecule has 0 aromatic rings. The molecule has 0 rings (SSSR count). The van der Waals surface area contributed by atoms with Crippen LogP contribution in [-0.2, 0) is 0 Å². The Morgan fingerprint density at radius 1 is 1.11 bits per heavy atom. The lowest BCUT2D eigenvalue weighted by Gasteiger charge is -1.72. The molecule has 0 aliphatic carbocycles. The van der Waals surface area contributed by atoms with Gasteiger partial charge in [-0.05, 0) is 12.8 Å². The van der Waals surface area contributed by atoms with Crippen molar-refractivity contribution >= 4 is 0 Å². The highest BCUT2D eigenvalue weighted by Gasteiger charge is 1.61. The van der Waals surface area contributed by atoms with Gasteiger partial charge in [-0.3, -0.25) is 0 Å². The lowest BCUT2D eigenvalue weighted by atomic mass is 10.3. The van der Waals surface area contributed by atoms with E-state index in [1.165, 1.54) is 6.42 Å². The second kappa shape index (κ2) is 15.6. The Morgan fingerprint density at radius 2 is 1.56 bits per heavy atom. The van der Waals surface area contributed by atoms with Crippen LogP contribution in [0.5, 0.6) is 0 Å². The first-order valence-corrected chi connectivity index (χ1v) is 3.55. The Hall–Kier alpha value is -0.520. The van der Waals surface area contributed by atoms with Gasteiger partial charge in [0.25, 0.3) is 0 Å². The van der Waals surface area contributed by atoms with Crippen molar-refractivity contribution in [1.29, 1.82) is 0 Å². The second-order valence-corrected chi connectivity index (χ2v) is 1.77. The summed E-state index contributed by atoms with van der Waals surface area (Å²) in [6.45, 7) is 11.2. The van der Waals surface area contributed by atoms with E-state index in [2.05, 4.69) is 27.0 Å². The summed E-state index contributed by atoms with van der Waals surface area (Å²) >= 11 is 0. The highest BCUT2D eigenvalue weighted by Crippen LogP contribution is 1.82. The first-order chi connectivity index (χ1) is 4.33. The fraction of sp³-hybridized carbons (Fsp3) is 0.556. The summed E-state index contributed by atoms with van der Waals surface area (Å²) in [7, 11) is 0. The van der Waals surface area contributed by atoms with Gasteiger partial charge in [0, 0.05) is 0 Å². The summed E-state index contributed by atoms with van der Waals surface area (Å²) in [5, 5.41) is 0. The lowest BCUT2D eigenvalue weighted by molar-refractivity contribution is 0.961. The van der Waals surface area contributed by atoms with Gasteiger partial charge in [-0.25, -0.2) is 0 Å². The summed E-state index contributed by atoms with van der Waals surface area (Å²) in [5.74, 6) is 0. The highest BCUT2D eigenvalue weighted by atomic mass is 13.7. The van der Waals surface area contributed by atoms with Gasteiger partial charge in [0.2, 0.25) is 0 Å². The van der Waals surface area contributed by atoms with E-state index in [1.807, 2.05) is 12.2 Å². The van der Waals surface area contributed by atoms with Gasteiger partial charge in [-0.2, -0.15) is 0 Å². The second-order valence-electron chi connectivity index (χ2n) is 1.77. The highest BCUT2D eigenvalue weighted by molar-refractivity contribution is 4.63. The van der Waals surface area contributed by atoms with Crippen molar-refractivity contribution in [3.63, 3.8) is 0 Å². The van der Waals surface area contributed by atoms with Crippen molar-refractivity contribution in [2.24, 2.45) is 0 Å². The first kappa shape index (κ1) is 11.3. The maximum absolute atomic E-state index is 3.55. The summed E-state index contributed by atoms with van der Waals surface area (Å²) in [6.07, 6.45) is 7.27. The van der Waals surface area contributed by atoms with Crippen molar-refractivity contribution in [3.05, 3.63) is 25.3 Å². The molecule has 0 bridgehead atoms. The summed E-state index contributed by atoms with van der Waals surface area (Å²) in [4.78, 5) is 0. The molecule has 0 aliphatic rings. The Balaban J connectivity index is 0. The average molecular weight is 126 g/mol. The number of hydrogen-bond acceptors (Lipinski definition) is 0. The summed E-state index contributed by atoms with van der Waals surface area (Å²) in [5.41, 5.74) is 0. The van der Waals surface area contributed by atoms with Gasteiger partial charge in [0.1, 0.15) is 0 Å². The van der Waals surface area contributed by atoms with Crippen LogP contribution in [0.4, 0.5) is 0 Å². The smallest absolute Gasteiger partial charge is 0.0356 e. The molecule has 0 saturated carbocycles. The molecule has 0 spiro atoms. The zero-order chi connectivity index (χ0) is 7.54. The van der Waals surface area contributed by atoms with Crippen molar-refractivity contribution < 1.29 is 0 Å². The maximum atomic E-state index is 3.55. The molecule has 0 heterocycles. The van der Waals surface area contributed by atoms with Gasteiger partial charge in [-0.1, -0.05) is 32.4 Å². The Kier molecular flexibility index (Phi) is 19.6. The van der Waals surface area contributed by atoms with Crippen LogP contribution < -0.4 is 0 Å². The number of allylic oxidation sites excluding steroid dienone is 2. The molecular formula is C9H18. The SMILES string of the molecule is C=CCC.C=CCCC. The van der Waals surface area contributed by atoms with Crippen LogP contribution >= 0.6 is 0 Å². The molecule has 0 aromatic carbocycles. The number of rotatable bonds is 3. The molecule has 54 valence electrons. The van der Waals surface area contributed by atoms with Crippen molar-refractivity contribution in [1.82, 2.24) is 0 Å². The minimum absolute atomic E-state index is 1.08.